The smallest absolute Gasteiger partial charge is 0.226 e. The van der Waals surface area contributed by atoms with Crippen molar-refractivity contribution in [2.75, 3.05) is 20.2 Å². The van der Waals surface area contributed by atoms with Crippen molar-refractivity contribution in [1.82, 2.24) is 15.6 Å². The van der Waals surface area contributed by atoms with Crippen LogP contribution in [0.3, 0.4) is 0 Å². The Morgan fingerprint density at radius 1 is 1.17 bits per heavy atom. The molecule has 3 rings (SSSR count). The Labute approximate surface area is 176 Å². The van der Waals surface area contributed by atoms with Crippen molar-refractivity contribution in [1.29, 1.82) is 0 Å². The van der Waals surface area contributed by atoms with Crippen molar-refractivity contribution in [2.45, 2.75) is 26.8 Å². The van der Waals surface area contributed by atoms with Crippen LogP contribution in [0, 0.1) is 6.92 Å². The van der Waals surface area contributed by atoms with Gasteiger partial charge in [-0.1, -0.05) is 23.8 Å². The molecular weight excluding hydrogens is 380 g/mol. The number of aromatic nitrogens is 1. The number of nitrogens with one attached hydrogen (secondary N) is 2. The maximum Gasteiger partial charge on any atom is 0.226 e. The molecule has 0 aliphatic rings. The van der Waals surface area contributed by atoms with Crippen LogP contribution in [0.5, 0.6) is 11.5 Å². The number of oxazole rings is 1. The summed E-state index contributed by atoms with van der Waals surface area (Å²) in [6.45, 7) is 5.83. The Morgan fingerprint density at radius 3 is 2.67 bits per heavy atom. The number of rotatable bonds is 8. The second-order valence-electron chi connectivity index (χ2n) is 6.88. The molecule has 158 valence electrons. The number of guanidine groups is 1. The van der Waals surface area contributed by atoms with Gasteiger partial charge in [0.2, 0.25) is 5.89 Å². The summed E-state index contributed by atoms with van der Waals surface area (Å²) in [4.78, 5) is 9.10. The molecule has 0 unspecified atom stereocenters. The molecule has 3 N–H and O–H groups in total. The maximum absolute atomic E-state index is 10.1. The first kappa shape index (κ1) is 21.2. The molecule has 0 amide bonds. The third-order valence-corrected chi connectivity index (χ3v) is 4.57. The van der Waals surface area contributed by atoms with Crippen molar-refractivity contribution >= 4 is 5.96 Å². The van der Waals surface area contributed by atoms with E-state index in [1.807, 2.05) is 50.2 Å². The number of methoxy groups -OCH3 is 1. The van der Waals surface area contributed by atoms with Crippen LogP contribution in [0.2, 0.25) is 0 Å². The number of hydrogen-bond donors (Lipinski definition) is 3. The van der Waals surface area contributed by atoms with E-state index in [4.69, 9.17) is 9.15 Å². The Kier molecular flexibility index (Phi) is 7.32. The molecule has 0 saturated carbocycles. The highest BCUT2D eigenvalue weighted by molar-refractivity contribution is 5.79. The summed E-state index contributed by atoms with van der Waals surface area (Å²) in [5.41, 5.74) is 3.74. The highest BCUT2D eigenvalue weighted by atomic mass is 16.5. The summed E-state index contributed by atoms with van der Waals surface area (Å²) >= 11 is 0. The van der Waals surface area contributed by atoms with Gasteiger partial charge < -0.3 is 24.9 Å². The van der Waals surface area contributed by atoms with Crippen molar-refractivity contribution in [3.05, 3.63) is 65.5 Å². The molecule has 7 heteroatoms. The van der Waals surface area contributed by atoms with Crippen molar-refractivity contribution in [3.8, 4) is 23.0 Å². The summed E-state index contributed by atoms with van der Waals surface area (Å²) in [5, 5.41) is 16.6. The maximum atomic E-state index is 10.1. The minimum Gasteiger partial charge on any atom is -0.508 e. The molecule has 3 aromatic rings. The van der Waals surface area contributed by atoms with E-state index in [0.29, 0.717) is 37.1 Å². The largest absolute Gasteiger partial charge is 0.508 e. The van der Waals surface area contributed by atoms with Crippen molar-refractivity contribution in [2.24, 2.45) is 4.99 Å². The molecule has 7 nitrogen and oxygen atoms in total. The topological polar surface area (TPSA) is 91.9 Å². The van der Waals surface area contributed by atoms with Crippen LogP contribution < -0.4 is 15.4 Å². The lowest BCUT2D eigenvalue weighted by Gasteiger charge is -2.12. The van der Waals surface area contributed by atoms with Crippen molar-refractivity contribution < 1.29 is 14.3 Å². The predicted octanol–water partition coefficient (Wildman–Crippen LogP) is 3.66. The molecule has 0 saturated heterocycles. The van der Waals surface area contributed by atoms with Crippen LogP contribution in [0.1, 0.15) is 23.7 Å². The van der Waals surface area contributed by atoms with E-state index in [1.165, 1.54) is 5.56 Å². The predicted molar refractivity (Wildman–Crippen MR) is 118 cm³/mol. The van der Waals surface area contributed by atoms with Gasteiger partial charge in [-0.05, 0) is 44.0 Å². The lowest BCUT2D eigenvalue weighted by atomic mass is 10.1. The molecule has 30 heavy (non-hydrogen) atoms. The Bertz CT molecular complexity index is 980. The number of benzene rings is 2. The van der Waals surface area contributed by atoms with Gasteiger partial charge in [-0.15, -0.1) is 0 Å². The molecular formula is C23H28N4O3. The van der Waals surface area contributed by atoms with Gasteiger partial charge in [0, 0.05) is 24.7 Å². The lowest BCUT2D eigenvalue weighted by Crippen LogP contribution is -2.38. The molecule has 1 aromatic heterocycles. The number of aromatic hydroxyl groups is 1. The first-order valence-corrected chi connectivity index (χ1v) is 9.98. The zero-order chi connectivity index (χ0) is 21.3. The van der Waals surface area contributed by atoms with Gasteiger partial charge in [-0.2, -0.15) is 0 Å². The Morgan fingerprint density at radius 2 is 1.97 bits per heavy atom. The lowest BCUT2D eigenvalue weighted by molar-refractivity contribution is 0.406. The minimum absolute atomic E-state index is 0.226. The van der Waals surface area contributed by atoms with E-state index in [-0.39, 0.29) is 5.75 Å². The van der Waals surface area contributed by atoms with Crippen LogP contribution in [-0.2, 0) is 13.0 Å². The van der Waals surface area contributed by atoms with E-state index in [0.717, 1.165) is 23.4 Å². The van der Waals surface area contributed by atoms with Gasteiger partial charge in [-0.25, -0.2) is 9.98 Å². The summed E-state index contributed by atoms with van der Waals surface area (Å²) < 4.78 is 10.7. The standard InChI is InChI=1S/C23H28N4O3/c1-4-24-23(25-12-11-17-9-10-20(29-3)13-21(17)28)26-14-19-15-30-22(27-19)18-7-5-16(2)6-8-18/h5-10,13,15,28H,4,11-12,14H2,1-3H3,(H2,24,25,26). The van der Waals surface area contributed by atoms with E-state index in [1.54, 1.807) is 19.4 Å². The fourth-order valence-electron chi connectivity index (χ4n) is 2.91. The molecule has 0 aliphatic heterocycles. The molecule has 0 bridgehead atoms. The number of hydrogen-bond acceptors (Lipinski definition) is 5. The summed E-state index contributed by atoms with van der Waals surface area (Å²) in [6.07, 6.45) is 2.29. The third-order valence-electron chi connectivity index (χ3n) is 4.57. The number of nitrogens with zero attached hydrogens (tertiary/aromatic N) is 2. The molecule has 0 spiro atoms. The van der Waals surface area contributed by atoms with Crippen molar-refractivity contribution in [3.63, 3.8) is 0 Å². The molecule has 0 aliphatic carbocycles. The number of phenols is 1. The van der Waals surface area contributed by atoms with Gasteiger partial charge >= 0.3 is 0 Å². The molecule has 0 radical (unpaired) electrons. The second kappa shape index (κ2) is 10.3. The molecule has 0 atom stereocenters. The minimum atomic E-state index is 0.226. The average Bonchev–Trinajstić information content (AvgIpc) is 3.22. The number of ether oxygens (including phenoxy) is 1. The van der Waals surface area contributed by atoms with Gasteiger partial charge in [0.25, 0.3) is 0 Å². The van der Waals surface area contributed by atoms with Gasteiger partial charge in [0.15, 0.2) is 5.96 Å². The normalized spacial score (nSPS) is 11.4. The number of phenolic OH excluding ortho intramolecular Hbond substituents is 1. The van der Waals surface area contributed by atoms with Gasteiger partial charge in [0.1, 0.15) is 23.5 Å². The first-order chi connectivity index (χ1) is 14.6. The Balaban J connectivity index is 1.57. The zero-order valence-corrected chi connectivity index (χ0v) is 17.6. The number of aliphatic imine (C=N–C) groups is 1. The highest BCUT2D eigenvalue weighted by Gasteiger charge is 2.07. The van der Waals surface area contributed by atoms with Crippen LogP contribution in [-0.4, -0.2) is 36.2 Å². The first-order valence-electron chi connectivity index (χ1n) is 9.98. The molecule has 2 aromatic carbocycles. The van der Waals surface area contributed by atoms with Gasteiger partial charge in [0.05, 0.1) is 13.7 Å². The van der Waals surface area contributed by atoms with E-state index in [2.05, 4.69) is 20.6 Å². The summed E-state index contributed by atoms with van der Waals surface area (Å²) in [7, 11) is 1.58. The number of aryl methyl sites for hydroxylation is 1. The van der Waals surface area contributed by atoms with Gasteiger partial charge in [-0.3, -0.25) is 0 Å². The van der Waals surface area contributed by atoms with Crippen LogP contribution in [0.15, 0.2) is 58.1 Å². The van der Waals surface area contributed by atoms with E-state index < -0.39 is 0 Å². The van der Waals surface area contributed by atoms with Crippen LogP contribution >= 0.6 is 0 Å². The highest BCUT2D eigenvalue weighted by Crippen LogP contribution is 2.23. The third kappa shape index (κ3) is 5.76. The quantitative estimate of drug-likeness (QED) is 0.389. The SMILES string of the molecule is CCNC(=NCc1coc(-c2ccc(C)cc2)n1)NCCc1ccc(OC)cc1O. The monoisotopic (exact) mass is 408 g/mol. The molecule has 0 fully saturated rings. The van der Waals surface area contributed by atoms with Crippen LogP contribution in [0.4, 0.5) is 0 Å². The average molecular weight is 409 g/mol. The molecule has 1 heterocycles. The Hall–Kier alpha value is -3.48. The second-order valence-corrected chi connectivity index (χ2v) is 6.88. The summed E-state index contributed by atoms with van der Waals surface area (Å²) in [5.74, 6) is 2.14. The fourth-order valence-corrected chi connectivity index (χ4v) is 2.91. The fraction of sp³-hybridized carbons (Fsp3) is 0.304. The van der Waals surface area contributed by atoms with Crippen LogP contribution in [0.25, 0.3) is 11.5 Å². The zero-order valence-electron chi connectivity index (χ0n) is 17.6. The van der Waals surface area contributed by atoms with E-state index in [9.17, 15) is 5.11 Å². The summed E-state index contributed by atoms with van der Waals surface area (Å²) in [6, 6.07) is 13.4. The van der Waals surface area contributed by atoms with E-state index >= 15 is 0 Å².